The summed E-state index contributed by atoms with van der Waals surface area (Å²) in [6, 6.07) is 9.08. The molecule has 0 amide bonds. The van der Waals surface area contributed by atoms with Crippen LogP contribution in [0.2, 0.25) is 0 Å². The molecule has 0 radical (unpaired) electrons. The fraction of sp³-hybridized carbons (Fsp3) is 0.188. The van der Waals surface area contributed by atoms with Crippen LogP contribution in [0.25, 0.3) is 0 Å². The summed E-state index contributed by atoms with van der Waals surface area (Å²) in [6.45, 7) is 1.45. The van der Waals surface area contributed by atoms with Crippen LogP contribution in [0.5, 0.6) is 0 Å². The minimum absolute atomic E-state index is 0.0536. The summed E-state index contributed by atoms with van der Waals surface area (Å²) in [5, 5.41) is 13.9. The number of nitrogens with zero attached hydrogens (tertiary/aromatic N) is 2. The molecule has 0 bridgehead atoms. The highest BCUT2D eigenvalue weighted by molar-refractivity contribution is 5.88. The molecule has 1 aromatic carbocycles. The van der Waals surface area contributed by atoms with Crippen molar-refractivity contribution in [3.63, 3.8) is 0 Å². The maximum atomic E-state index is 11.5. The Morgan fingerprint density at radius 3 is 2.44 bits per heavy atom. The van der Waals surface area contributed by atoms with Crippen molar-refractivity contribution in [3.05, 3.63) is 57.8 Å². The molecule has 1 aromatic heterocycles. The number of ether oxygens (including phenoxy) is 2. The molecule has 1 N–H and O–H groups in total. The number of carbonyl (C=O) groups excluding carboxylic acids is 2. The quantitative estimate of drug-likeness (QED) is 0.482. The number of esters is 2. The molecular weight excluding hydrogens is 330 g/mol. The van der Waals surface area contributed by atoms with Crippen LogP contribution >= 0.6 is 0 Å². The maximum Gasteiger partial charge on any atom is 0.356 e. The lowest BCUT2D eigenvalue weighted by Gasteiger charge is -2.09. The van der Waals surface area contributed by atoms with E-state index in [0.717, 1.165) is 5.56 Å². The van der Waals surface area contributed by atoms with Gasteiger partial charge in [-0.3, -0.25) is 14.9 Å². The van der Waals surface area contributed by atoms with E-state index in [0.29, 0.717) is 5.69 Å². The summed E-state index contributed by atoms with van der Waals surface area (Å²) < 4.78 is 9.44. The lowest BCUT2D eigenvalue weighted by Crippen LogP contribution is -2.08. The second-order valence-corrected chi connectivity index (χ2v) is 4.92. The number of anilines is 2. The third-order valence-corrected chi connectivity index (χ3v) is 3.12. The maximum absolute atomic E-state index is 11.5. The largest absolute Gasteiger partial charge is 0.464 e. The number of nitro groups is 1. The van der Waals surface area contributed by atoms with E-state index in [9.17, 15) is 19.7 Å². The summed E-state index contributed by atoms with van der Waals surface area (Å²) in [6.07, 6.45) is 0. The zero-order valence-corrected chi connectivity index (χ0v) is 13.5. The SMILES string of the molecule is COC(=O)c1ccc([N+](=O)[O-])c(Nc2ccc(COC(C)=O)cc2)n1. The third kappa shape index (κ3) is 4.74. The van der Waals surface area contributed by atoms with Crippen molar-refractivity contribution in [2.45, 2.75) is 13.5 Å². The summed E-state index contributed by atoms with van der Waals surface area (Å²) in [5.41, 5.74) is 0.939. The summed E-state index contributed by atoms with van der Waals surface area (Å²) in [7, 11) is 1.19. The lowest BCUT2D eigenvalue weighted by atomic mass is 10.2. The Morgan fingerprint density at radius 2 is 1.88 bits per heavy atom. The van der Waals surface area contributed by atoms with E-state index in [2.05, 4.69) is 15.0 Å². The number of pyridine rings is 1. The minimum atomic E-state index is -0.699. The van der Waals surface area contributed by atoms with Crippen LogP contribution in [0.3, 0.4) is 0 Å². The number of nitrogens with one attached hydrogen (secondary N) is 1. The Labute approximate surface area is 142 Å². The molecule has 0 saturated carbocycles. The number of aromatic nitrogens is 1. The molecule has 9 heteroatoms. The molecule has 0 aliphatic heterocycles. The van der Waals surface area contributed by atoms with Gasteiger partial charge in [-0.05, 0) is 23.8 Å². The minimum Gasteiger partial charge on any atom is -0.464 e. The molecular formula is C16H15N3O6. The van der Waals surface area contributed by atoms with Crippen molar-refractivity contribution in [2.24, 2.45) is 0 Å². The second-order valence-electron chi connectivity index (χ2n) is 4.92. The molecule has 0 aliphatic rings. The van der Waals surface area contributed by atoms with E-state index in [1.54, 1.807) is 24.3 Å². The zero-order chi connectivity index (χ0) is 18.4. The molecule has 2 aromatic rings. The normalized spacial score (nSPS) is 10.0. The van der Waals surface area contributed by atoms with Crippen molar-refractivity contribution in [2.75, 3.05) is 12.4 Å². The molecule has 0 fully saturated rings. The van der Waals surface area contributed by atoms with Gasteiger partial charge in [0.1, 0.15) is 6.61 Å². The van der Waals surface area contributed by atoms with Crippen molar-refractivity contribution in [1.29, 1.82) is 0 Å². The van der Waals surface area contributed by atoms with E-state index in [1.165, 1.54) is 26.2 Å². The van der Waals surface area contributed by atoms with E-state index in [4.69, 9.17) is 4.74 Å². The Balaban J connectivity index is 2.24. The predicted octanol–water partition coefficient (Wildman–Crippen LogP) is 2.58. The first-order chi connectivity index (χ1) is 11.9. The van der Waals surface area contributed by atoms with Gasteiger partial charge in [-0.15, -0.1) is 0 Å². The van der Waals surface area contributed by atoms with Gasteiger partial charge in [0, 0.05) is 18.7 Å². The molecule has 2 rings (SSSR count). The number of carbonyl (C=O) groups is 2. The molecule has 130 valence electrons. The monoisotopic (exact) mass is 345 g/mol. The van der Waals surface area contributed by atoms with E-state index >= 15 is 0 Å². The van der Waals surface area contributed by atoms with Gasteiger partial charge in [0.2, 0.25) is 5.82 Å². The summed E-state index contributed by atoms with van der Waals surface area (Å²) in [4.78, 5) is 36.8. The summed E-state index contributed by atoms with van der Waals surface area (Å²) in [5.74, 6) is -1.17. The van der Waals surface area contributed by atoms with Gasteiger partial charge < -0.3 is 14.8 Å². The van der Waals surface area contributed by atoms with Gasteiger partial charge >= 0.3 is 17.6 Å². The number of rotatable bonds is 6. The van der Waals surface area contributed by atoms with Crippen LogP contribution < -0.4 is 5.32 Å². The highest BCUT2D eigenvalue weighted by Crippen LogP contribution is 2.26. The van der Waals surface area contributed by atoms with E-state index < -0.39 is 10.9 Å². The van der Waals surface area contributed by atoms with Crippen molar-refractivity contribution in [1.82, 2.24) is 4.98 Å². The predicted molar refractivity (Wildman–Crippen MR) is 87.4 cm³/mol. The first kappa shape index (κ1) is 17.9. The van der Waals surface area contributed by atoms with Crippen LogP contribution in [0, 0.1) is 10.1 Å². The van der Waals surface area contributed by atoms with E-state index in [-0.39, 0.29) is 29.8 Å². The summed E-state index contributed by atoms with van der Waals surface area (Å²) >= 11 is 0. The molecule has 0 aliphatic carbocycles. The molecule has 0 spiro atoms. The molecule has 9 nitrogen and oxygen atoms in total. The molecule has 0 saturated heterocycles. The van der Waals surface area contributed by atoms with Crippen molar-refractivity contribution in [3.8, 4) is 0 Å². The van der Waals surface area contributed by atoms with Crippen LogP contribution in [-0.4, -0.2) is 29.0 Å². The molecule has 25 heavy (non-hydrogen) atoms. The Morgan fingerprint density at radius 1 is 1.20 bits per heavy atom. The van der Waals surface area contributed by atoms with Gasteiger partial charge in [-0.1, -0.05) is 12.1 Å². The number of hydrogen-bond donors (Lipinski definition) is 1. The first-order valence-corrected chi connectivity index (χ1v) is 7.13. The van der Waals surface area contributed by atoms with Crippen LogP contribution in [0.1, 0.15) is 23.0 Å². The van der Waals surface area contributed by atoms with Gasteiger partial charge in [0.15, 0.2) is 5.69 Å². The topological polar surface area (TPSA) is 121 Å². The highest BCUT2D eigenvalue weighted by atomic mass is 16.6. The number of benzene rings is 1. The number of hydrogen-bond acceptors (Lipinski definition) is 8. The van der Waals surface area contributed by atoms with Crippen LogP contribution in [-0.2, 0) is 20.9 Å². The fourth-order valence-electron chi connectivity index (χ4n) is 1.92. The molecule has 0 unspecified atom stereocenters. The van der Waals surface area contributed by atoms with Crippen molar-refractivity contribution < 1.29 is 24.0 Å². The smallest absolute Gasteiger partial charge is 0.356 e. The highest BCUT2D eigenvalue weighted by Gasteiger charge is 2.19. The first-order valence-electron chi connectivity index (χ1n) is 7.13. The number of methoxy groups -OCH3 is 1. The van der Waals surface area contributed by atoms with Crippen LogP contribution in [0.4, 0.5) is 17.2 Å². The molecule has 1 heterocycles. The lowest BCUT2D eigenvalue weighted by molar-refractivity contribution is -0.384. The Kier molecular flexibility index (Phi) is 5.62. The van der Waals surface area contributed by atoms with Crippen LogP contribution in [0.15, 0.2) is 36.4 Å². The zero-order valence-electron chi connectivity index (χ0n) is 13.5. The molecule has 0 atom stereocenters. The average molecular weight is 345 g/mol. The van der Waals surface area contributed by atoms with Gasteiger partial charge in [-0.2, -0.15) is 0 Å². The fourth-order valence-corrected chi connectivity index (χ4v) is 1.92. The van der Waals surface area contributed by atoms with Gasteiger partial charge in [0.25, 0.3) is 0 Å². The van der Waals surface area contributed by atoms with Crippen molar-refractivity contribution >= 4 is 29.1 Å². The van der Waals surface area contributed by atoms with E-state index in [1.807, 2.05) is 0 Å². The standard InChI is InChI=1S/C16H15N3O6/c1-10(20)25-9-11-3-5-12(6-4-11)17-15-14(19(22)23)8-7-13(18-15)16(21)24-2/h3-8H,9H2,1-2H3,(H,17,18). The second kappa shape index (κ2) is 7.86. The van der Waals surface area contributed by atoms with Gasteiger partial charge in [0.05, 0.1) is 12.0 Å². The van der Waals surface area contributed by atoms with Gasteiger partial charge in [-0.25, -0.2) is 9.78 Å². The Bertz CT molecular complexity index is 804. The average Bonchev–Trinajstić information content (AvgIpc) is 2.60. The third-order valence-electron chi connectivity index (χ3n) is 3.12. The Hall–Kier alpha value is -3.49.